The monoisotopic (exact) mass is 613 g/mol. The van der Waals surface area contributed by atoms with E-state index >= 15 is 0 Å². The zero-order chi connectivity index (χ0) is 30.2. The molecule has 1 saturated heterocycles. The number of hydrogen-bond acceptors (Lipinski definition) is 8. The lowest BCUT2D eigenvalue weighted by Gasteiger charge is -2.28. The summed E-state index contributed by atoms with van der Waals surface area (Å²) in [6, 6.07) is 28.2. The van der Waals surface area contributed by atoms with Crippen molar-refractivity contribution >= 4 is 45.2 Å². The Balaban J connectivity index is 1.07. The first-order valence-electron chi connectivity index (χ1n) is 15.1. The first-order chi connectivity index (χ1) is 22.2. The molecular weight excluding hydrogens is 582 g/mol. The lowest BCUT2D eigenvalue weighted by atomic mass is 9.95. The summed E-state index contributed by atoms with van der Waals surface area (Å²) in [7, 11) is 0. The van der Waals surface area contributed by atoms with E-state index in [-0.39, 0.29) is 5.91 Å². The molecule has 0 atom stereocenters. The van der Waals surface area contributed by atoms with Crippen LogP contribution in [0.5, 0.6) is 0 Å². The molecule has 0 bridgehead atoms. The number of morpholine rings is 1. The van der Waals surface area contributed by atoms with Crippen molar-refractivity contribution in [2.75, 3.05) is 41.8 Å². The number of amides is 1. The van der Waals surface area contributed by atoms with Gasteiger partial charge in [-0.1, -0.05) is 42.5 Å². The first-order valence-corrected chi connectivity index (χ1v) is 16.0. The second-order valence-corrected chi connectivity index (χ2v) is 12.3. The maximum atomic E-state index is 13.5. The van der Waals surface area contributed by atoms with E-state index in [0.717, 1.165) is 83.7 Å². The Bertz CT molecular complexity index is 1980. The van der Waals surface area contributed by atoms with Gasteiger partial charge in [0.15, 0.2) is 4.96 Å². The minimum absolute atomic E-state index is 0.0291. The number of nitrogens with zero attached hydrogens (tertiary/aromatic N) is 5. The van der Waals surface area contributed by atoms with E-state index in [2.05, 4.69) is 37.1 Å². The van der Waals surface area contributed by atoms with E-state index in [1.165, 1.54) is 5.69 Å². The van der Waals surface area contributed by atoms with Gasteiger partial charge in [-0.3, -0.25) is 9.20 Å². The average Bonchev–Trinajstić information content (AvgIpc) is 3.65. The Labute approximate surface area is 264 Å². The van der Waals surface area contributed by atoms with Crippen LogP contribution in [0, 0.1) is 0 Å². The van der Waals surface area contributed by atoms with Crippen LogP contribution in [0.25, 0.3) is 27.6 Å². The Morgan fingerprint density at radius 1 is 0.889 bits per heavy atom. The third kappa shape index (κ3) is 5.32. The highest BCUT2D eigenvalue weighted by Gasteiger charge is 2.51. The van der Waals surface area contributed by atoms with Crippen LogP contribution >= 0.6 is 11.3 Å². The number of thiazole rings is 1. The van der Waals surface area contributed by atoms with Crippen molar-refractivity contribution in [1.29, 1.82) is 0 Å². The molecule has 0 spiro atoms. The normalized spacial score (nSPS) is 15.6. The molecule has 1 aliphatic carbocycles. The molecule has 2 aliphatic rings. The Morgan fingerprint density at radius 3 is 2.51 bits per heavy atom. The molecule has 45 heavy (non-hydrogen) atoms. The van der Waals surface area contributed by atoms with Gasteiger partial charge in [0, 0.05) is 53.5 Å². The molecule has 0 unspecified atom stereocenters. The molecule has 0 radical (unpaired) electrons. The second-order valence-electron chi connectivity index (χ2n) is 11.4. The molecule has 4 heterocycles. The Kier molecular flexibility index (Phi) is 7.00. The molecule has 2 N–H and O–H groups in total. The third-order valence-electron chi connectivity index (χ3n) is 8.56. The molecular formula is C35H31N7O2S. The highest BCUT2D eigenvalue weighted by Crippen LogP contribution is 2.49. The van der Waals surface area contributed by atoms with Crippen molar-refractivity contribution in [3.05, 3.63) is 108 Å². The van der Waals surface area contributed by atoms with Crippen LogP contribution in [-0.2, 0) is 14.9 Å². The van der Waals surface area contributed by atoms with E-state index in [9.17, 15) is 4.79 Å². The number of benzene rings is 3. The van der Waals surface area contributed by atoms with E-state index < -0.39 is 5.41 Å². The summed E-state index contributed by atoms with van der Waals surface area (Å²) >= 11 is 1.57. The van der Waals surface area contributed by atoms with Crippen LogP contribution in [0.2, 0.25) is 0 Å². The van der Waals surface area contributed by atoms with Crippen LogP contribution in [0.15, 0.2) is 103 Å². The third-order valence-corrected chi connectivity index (χ3v) is 9.32. The van der Waals surface area contributed by atoms with Gasteiger partial charge in [0.05, 0.1) is 30.0 Å². The zero-order valence-electron chi connectivity index (χ0n) is 24.5. The first kappa shape index (κ1) is 27.5. The number of carbonyl (C=O) groups is 1. The molecule has 2 fully saturated rings. The van der Waals surface area contributed by atoms with Crippen molar-refractivity contribution in [3.8, 4) is 22.6 Å². The summed E-state index contributed by atoms with van der Waals surface area (Å²) in [5, 5.41) is 8.56. The summed E-state index contributed by atoms with van der Waals surface area (Å²) in [5.41, 5.74) is 6.74. The van der Waals surface area contributed by atoms with Gasteiger partial charge in [-0.25, -0.2) is 15.0 Å². The topological polar surface area (TPSA) is 96.7 Å². The lowest BCUT2D eigenvalue weighted by Crippen LogP contribution is -2.36. The molecule has 224 valence electrons. The van der Waals surface area contributed by atoms with Crippen LogP contribution in [-0.4, -0.2) is 51.6 Å². The van der Waals surface area contributed by atoms with E-state index in [0.29, 0.717) is 5.95 Å². The molecule has 1 amide bonds. The summed E-state index contributed by atoms with van der Waals surface area (Å²) in [6.07, 6.45) is 5.48. The fourth-order valence-corrected chi connectivity index (χ4v) is 6.73. The second kappa shape index (κ2) is 11.5. The zero-order valence-corrected chi connectivity index (χ0v) is 25.3. The number of carbonyl (C=O) groups excluding carboxylic acids is 1. The fraction of sp³-hybridized carbons (Fsp3) is 0.200. The number of imidazole rings is 1. The highest BCUT2D eigenvalue weighted by atomic mass is 32.1. The van der Waals surface area contributed by atoms with Crippen molar-refractivity contribution in [2.24, 2.45) is 0 Å². The van der Waals surface area contributed by atoms with Crippen LogP contribution in [0.3, 0.4) is 0 Å². The van der Waals surface area contributed by atoms with Gasteiger partial charge in [0.1, 0.15) is 5.69 Å². The van der Waals surface area contributed by atoms with E-state index in [1.807, 2.05) is 84.4 Å². The van der Waals surface area contributed by atoms with Crippen LogP contribution in [0.1, 0.15) is 18.4 Å². The summed E-state index contributed by atoms with van der Waals surface area (Å²) in [4.78, 5) is 31.0. The quantitative estimate of drug-likeness (QED) is 0.196. The van der Waals surface area contributed by atoms with Crippen molar-refractivity contribution in [2.45, 2.75) is 18.3 Å². The lowest BCUT2D eigenvalue weighted by molar-refractivity contribution is -0.118. The van der Waals surface area contributed by atoms with Gasteiger partial charge < -0.3 is 20.3 Å². The summed E-state index contributed by atoms with van der Waals surface area (Å²) in [5.74, 6) is 0.529. The van der Waals surface area contributed by atoms with Crippen LogP contribution < -0.4 is 15.5 Å². The van der Waals surface area contributed by atoms with Gasteiger partial charge in [0.2, 0.25) is 11.9 Å². The van der Waals surface area contributed by atoms with Gasteiger partial charge in [0.25, 0.3) is 0 Å². The predicted octanol–water partition coefficient (Wildman–Crippen LogP) is 6.77. The van der Waals surface area contributed by atoms with Crippen molar-refractivity contribution in [3.63, 3.8) is 0 Å². The number of ether oxygens (including phenoxy) is 1. The fourth-order valence-electron chi connectivity index (χ4n) is 6.01. The molecule has 3 aromatic carbocycles. The van der Waals surface area contributed by atoms with E-state index in [4.69, 9.17) is 14.7 Å². The SMILES string of the molecule is O=C(Nc1cccc(-c2nc3sccn3c2-c2ccnc(Nc3ccc(N4CCOCC4)cc3)n2)c1)C1(c2ccccc2)CC1. The standard InChI is InChI=1S/C35H31N7O2S/c43-32(35(14-15-35)25-6-2-1-3-7-25)37-27-8-4-5-24(23-27)30-31(42-19-22-45-34(42)40-30)29-13-16-36-33(39-29)38-26-9-11-28(12-10-26)41-17-20-44-21-18-41/h1-13,16,19,22-23H,14-15,17-18,20-21H2,(H,37,43)(H,36,38,39). The number of fused-ring (bicyclic) bond motifs is 1. The smallest absolute Gasteiger partial charge is 0.235 e. The predicted molar refractivity (Wildman–Crippen MR) is 178 cm³/mol. The Morgan fingerprint density at radius 2 is 1.71 bits per heavy atom. The number of aromatic nitrogens is 4. The molecule has 8 rings (SSSR count). The van der Waals surface area contributed by atoms with Gasteiger partial charge in [-0.05, 0) is 60.9 Å². The van der Waals surface area contributed by atoms with Crippen molar-refractivity contribution < 1.29 is 9.53 Å². The summed E-state index contributed by atoms with van der Waals surface area (Å²) in [6.45, 7) is 3.30. The van der Waals surface area contributed by atoms with Gasteiger partial charge in [-0.15, -0.1) is 11.3 Å². The summed E-state index contributed by atoms with van der Waals surface area (Å²) < 4.78 is 7.54. The largest absolute Gasteiger partial charge is 0.378 e. The number of nitrogens with one attached hydrogen (secondary N) is 2. The molecule has 9 nitrogen and oxygen atoms in total. The van der Waals surface area contributed by atoms with Gasteiger partial charge >= 0.3 is 0 Å². The van der Waals surface area contributed by atoms with Crippen LogP contribution in [0.4, 0.5) is 23.0 Å². The molecule has 6 aromatic rings. The minimum Gasteiger partial charge on any atom is -0.378 e. The minimum atomic E-state index is -0.452. The van der Waals surface area contributed by atoms with Crippen molar-refractivity contribution in [1.82, 2.24) is 19.4 Å². The average molecular weight is 614 g/mol. The number of anilines is 4. The van der Waals surface area contributed by atoms with E-state index in [1.54, 1.807) is 17.5 Å². The molecule has 3 aromatic heterocycles. The molecule has 10 heteroatoms. The van der Waals surface area contributed by atoms with Gasteiger partial charge in [-0.2, -0.15) is 0 Å². The Hall–Kier alpha value is -5.06. The highest BCUT2D eigenvalue weighted by molar-refractivity contribution is 7.15. The maximum absolute atomic E-state index is 13.5. The number of rotatable bonds is 8. The molecule has 1 aliphatic heterocycles. The maximum Gasteiger partial charge on any atom is 0.235 e. The molecule has 1 saturated carbocycles. The number of hydrogen-bond donors (Lipinski definition) is 2.